The molecule has 0 saturated carbocycles. The summed E-state index contributed by atoms with van der Waals surface area (Å²) in [6, 6.07) is 9.54. The summed E-state index contributed by atoms with van der Waals surface area (Å²) in [5, 5.41) is 5.20. The third-order valence-electron chi connectivity index (χ3n) is 4.76. The molecule has 1 atom stereocenters. The van der Waals surface area contributed by atoms with Gasteiger partial charge in [-0.15, -0.1) is 11.3 Å². The van der Waals surface area contributed by atoms with E-state index < -0.39 is 0 Å². The number of methoxy groups -OCH3 is 2. The van der Waals surface area contributed by atoms with E-state index in [0.29, 0.717) is 29.5 Å². The van der Waals surface area contributed by atoms with Crippen LogP contribution < -0.4 is 14.8 Å². The number of rotatable bonds is 7. The number of carbonyl (C=O) groups is 1. The molecule has 1 N–H and O–H groups in total. The van der Waals surface area contributed by atoms with Crippen molar-refractivity contribution in [2.45, 2.75) is 19.4 Å². The number of hydrogen-bond acceptors (Lipinski definition) is 5. The highest BCUT2D eigenvalue weighted by atomic mass is 32.1. The second kappa shape index (κ2) is 9.05. The summed E-state index contributed by atoms with van der Waals surface area (Å²) < 4.78 is 10.5. The van der Waals surface area contributed by atoms with Gasteiger partial charge in [0.1, 0.15) is 0 Å². The van der Waals surface area contributed by atoms with Gasteiger partial charge in [0.05, 0.1) is 14.2 Å². The van der Waals surface area contributed by atoms with Gasteiger partial charge in [0.15, 0.2) is 11.5 Å². The molecular weight excluding hydrogens is 348 g/mol. The molecule has 2 aromatic rings. The number of likely N-dealkylation sites (tertiary alicyclic amines) is 1. The summed E-state index contributed by atoms with van der Waals surface area (Å²) in [4.78, 5) is 16.4. The summed E-state index contributed by atoms with van der Waals surface area (Å²) >= 11 is 1.81. The molecule has 0 unspecified atom stereocenters. The van der Waals surface area contributed by atoms with Crippen LogP contribution >= 0.6 is 11.3 Å². The molecule has 3 rings (SSSR count). The lowest BCUT2D eigenvalue weighted by Gasteiger charge is -2.32. The van der Waals surface area contributed by atoms with Gasteiger partial charge in [0, 0.05) is 30.1 Å². The van der Waals surface area contributed by atoms with Crippen molar-refractivity contribution in [2.24, 2.45) is 5.92 Å². The number of amides is 1. The highest BCUT2D eigenvalue weighted by Crippen LogP contribution is 2.27. The van der Waals surface area contributed by atoms with Gasteiger partial charge in [-0.05, 0) is 54.9 Å². The molecule has 140 valence electrons. The zero-order chi connectivity index (χ0) is 18.4. The Morgan fingerprint density at radius 2 is 2.12 bits per heavy atom. The van der Waals surface area contributed by atoms with Gasteiger partial charge in [-0.1, -0.05) is 6.07 Å². The van der Waals surface area contributed by atoms with Gasteiger partial charge < -0.3 is 14.8 Å². The number of carbonyl (C=O) groups excluding carboxylic acids is 1. The molecule has 1 aromatic heterocycles. The Hall–Kier alpha value is -2.05. The van der Waals surface area contributed by atoms with Crippen LogP contribution in [0.5, 0.6) is 11.5 Å². The van der Waals surface area contributed by atoms with Crippen LogP contribution in [0.1, 0.15) is 28.1 Å². The van der Waals surface area contributed by atoms with Gasteiger partial charge in [-0.25, -0.2) is 0 Å². The van der Waals surface area contributed by atoms with Gasteiger partial charge in [0.25, 0.3) is 5.91 Å². The highest BCUT2D eigenvalue weighted by molar-refractivity contribution is 7.09. The molecule has 1 amide bonds. The van der Waals surface area contributed by atoms with Crippen molar-refractivity contribution in [3.8, 4) is 11.5 Å². The van der Waals surface area contributed by atoms with Gasteiger partial charge in [-0.2, -0.15) is 0 Å². The predicted octanol–water partition coefficient (Wildman–Crippen LogP) is 3.41. The van der Waals surface area contributed by atoms with Gasteiger partial charge >= 0.3 is 0 Å². The Balaban J connectivity index is 1.52. The fourth-order valence-corrected chi connectivity index (χ4v) is 4.15. The van der Waals surface area contributed by atoms with E-state index in [4.69, 9.17) is 9.47 Å². The molecule has 0 aliphatic carbocycles. The second-order valence-electron chi connectivity index (χ2n) is 6.60. The number of thiophene rings is 1. The lowest BCUT2D eigenvalue weighted by Crippen LogP contribution is -2.40. The highest BCUT2D eigenvalue weighted by Gasteiger charge is 2.21. The summed E-state index contributed by atoms with van der Waals surface area (Å²) in [7, 11) is 3.16. The van der Waals surface area contributed by atoms with Crippen LogP contribution in [0.15, 0.2) is 35.7 Å². The van der Waals surface area contributed by atoms with E-state index in [0.717, 1.165) is 26.1 Å². The first-order valence-corrected chi connectivity index (χ1v) is 9.82. The van der Waals surface area contributed by atoms with E-state index in [9.17, 15) is 4.79 Å². The van der Waals surface area contributed by atoms with Crippen LogP contribution in [0.3, 0.4) is 0 Å². The smallest absolute Gasteiger partial charge is 0.251 e. The number of nitrogens with zero attached hydrogens (tertiary/aromatic N) is 1. The normalized spacial score (nSPS) is 17.7. The Labute approximate surface area is 158 Å². The molecule has 0 bridgehead atoms. The molecule has 2 heterocycles. The minimum Gasteiger partial charge on any atom is -0.493 e. The topological polar surface area (TPSA) is 50.8 Å². The molecule has 1 fully saturated rings. The zero-order valence-corrected chi connectivity index (χ0v) is 16.2. The SMILES string of the molecule is COc1ccc(C(=O)NC[C@H]2CCCN(Cc3cccs3)C2)cc1OC. The third kappa shape index (κ3) is 4.77. The van der Waals surface area contributed by atoms with Crippen molar-refractivity contribution < 1.29 is 14.3 Å². The maximum Gasteiger partial charge on any atom is 0.251 e. The minimum atomic E-state index is -0.0682. The third-order valence-corrected chi connectivity index (χ3v) is 5.62. The molecule has 6 heteroatoms. The molecular formula is C20H26N2O3S. The zero-order valence-electron chi connectivity index (χ0n) is 15.4. The molecule has 1 aromatic carbocycles. The average molecular weight is 375 g/mol. The van der Waals surface area contributed by atoms with Crippen molar-refractivity contribution in [1.82, 2.24) is 10.2 Å². The van der Waals surface area contributed by atoms with Crippen LogP contribution in [0.25, 0.3) is 0 Å². The molecule has 26 heavy (non-hydrogen) atoms. The van der Waals surface area contributed by atoms with Crippen LogP contribution in [0.2, 0.25) is 0 Å². The fourth-order valence-electron chi connectivity index (χ4n) is 3.40. The monoisotopic (exact) mass is 374 g/mol. The maximum atomic E-state index is 12.5. The summed E-state index contributed by atoms with van der Waals surface area (Å²) in [6.45, 7) is 3.88. The Kier molecular flexibility index (Phi) is 6.52. The first-order chi connectivity index (χ1) is 12.7. The van der Waals surface area contributed by atoms with Crippen molar-refractivity contribution in [3.63, 3.8) is 0 Å². The number of ether oxygens (including phenoxy) is 2. The molecule has 5 nitrogen and oxygen atoms in total. The van der Waals surface area contributed by atoms with Crippen molar-refractivity contribution >= 4 is 17.2 Å². The minimum absolute atomic E-state index is 0.0682. The molecule has 0 spiro atoms. The lowest BCUT2D eigenvalue weighted by atomic mass is 9.97. The van der Waals surface area contributed by atoms with Crippen LogP contribution in [0.4, 0.5) is 0 Å². The number of nitrogens with one attached hydrogen (secondary N) is 1. The first-order valence-electron chi connectivity index (χ1n) is 8.94. The van der Waals surface area contributed by atoms with Gasteiger partial charge in [0.2, 0.25) is 0 Å². The van der Waals surface area contributed by atoms with Crippen LogP contribution in [0, 0.1) is 5.92 Å². The summed E-state index contributed by atoms with van der Waals surface area (Å²) in [5.74, 6) is 1.62. The summed E-state index contributed by atoms with van der Waals surface area (Å²) in [5.41, 5.74) is 0.592. The van der Waals surface area contributed by atoms with E-state index in [1.807, 2.05) is 0 Å². The van der Waals surface area contributed by atoms with Crippen molar-refractivity contribution in [2.75, 3.05) is 33.9 Å². The van der Waals surface area contributed by atoms with Crippen LogP contribution in [-0.4, -0.2) is 44.7 Å². The first kappa shape index (κ1) is 18.7. The fraction of sp³-hybridized carbons (Fsp3) is 0.450. The number of hydrogen-bond donors (Lipinski definition) is 1. The van der Waals surface area contributed by atoms with Crippen molar-refractivity contribution in [3.05, 3.63) is 46.2 Å². The van der Waals surface area contributed by atoms with Crippen LogP contribution in [-0.2, 0) is 6.54 Å². The quantitative estimate of drug-likeness (QED) is 0.807. The number of piperidine rings is 1. The van der Waals surface area contributed by atoms with Crippen molar-refractivity contribution in [1.29, 1.82) is 0 Å². The van der Waals surface area contributed by atoms with E-state index in [1.54, 1.807) is 43.8 Å². The molecule has 1 aliphatic rings. The maximum absolute atomic E-state index is 12.5. The predicted molar refractivity (Wildman–Crippen MR) is 104 cm³/mol. The van der Waals surface area contributed by atoms with E-state index in [1.165, 1.54) is 11.3 Å². The van der Waals surface area contributed by atoms with E-state index in [2.05, 4.69) is 27.7 Å². The Morgan fingerprint density at radius 3 is 2.85 bits per heavy atom. The lowest BCUT2D eigenvalue weighted by molar-refractivity contribution is 0.0930. The van der Waals surface area contributed by atoms with E-state index in [-0.39, 0.29) is 5.91 Å². The molecule has 1 saturated heterocycles. The molecule has 1 aliphatic heterocycles. The second-order valence-corrected chi connectivity index (χ2v) is 7.63. The Bertz CT molecular complexity index is 718. The molecule has 0 radical (unpaired) electrons. The standard InChI is InChI=1S/C20H26N2O3S/c1-24-18-8-7-16(11-19(18)25-2)20(23)21-12-15-5-3-9-22(13-15)14-17-6-4-10-26-17/h4,6-8,10-11,15H,3,5,9,12-14H2,1-2H3,(H,21,23)/t15-/m1/s1. The average Bonchev–Trinajstić information content (AvgIpc) is 3.18. The largest absolute Gasteiger partial charge is 0.493 e. The summed E-state index contributed by atoms with van der Waals surface area (Å²) in [6.07, 6.45) is 2.34. The number of benzene rings is 1. The van der Waals surface area contributed by atoms with Gasteiger partial charge in [-0.3, -0.25) is 9.69 Å². The van der Waals surface area contributed by atoms with E-state index >= 15 is 0 Å². The Morgan fingerprint density at radius 1 is 1.27 bits per heavy atom.